The first-order valence-corrected chi connectivity index (χ1v) is 15.3. The van der Waals surface area contributed by atoms with Gasteiger partial charge in [-0.2, -0.15) is 4.31 Å². The highest BCUT2D eigenvalue weighted by Crippen LogP contribution is 2.36. The van der Waals surface area contributed by atoms with Crippen molar-refractivity contribution in [3.63, 3.8) is 0 Å². The van der Waals surface area contributed by atoms with Gasteiger partial charge < -0.3 is 19.1 Å². The lowest BCUT2D eigenvalue weighted by Gasteiger charge is -2.43. The first-order chi connectivity index (χ1) is 20.1. The molecule has 0 radical (unpaired) electrons. The van der Waals surface area contributed by atoms with Gasteiger partial charge in [-0.25, -0.2) is 18.2 Å². The summed E-state index contributed by atoms with van der Waals surface area (Å²) in [4.78, 5) is 30.8. The van der Waals surface area contributed by atoms with Crippen molar-refractivity contribution in [2.45, 2.75) is 56.7 Å². The minimum absolute atomic E-state index is 0.0165. The van der Waals surface area contributed by atoms with Crippen LogP contribution in [0, 0.1) is 6.92 Å². The van der Waals surface area contributed by atoms with Gasteiger partial charge in [-0.3, -0.25) is 4.79 Å². The summed E-state index contributed by atoms with van der Waals surface area (Å²) in [6.07, 6.45) is -5.98. The van der Waals surface area contributed by atoms with Crippen LogP contribution in [0.3, 0.4) is 0 Å². The lowest BCUT2D eigenvalue weighted by atomic mass is 10.0. The minimum atomic E-state index is -4.94. The van der Waals surface area contributed by atoms with Gasteiger partial charge in [0, 0.05) is 19.6 Å². The topological polar surface area (TPSA) is 115 Å². The second kappa shape index (κ2) is 12.5. The molecule has 43 heavy (non-hydrogen) atoms. The van der Waals surface area contributed by atoms with Crippen molar-refractivity contribution in [2.24, 2.45) is 0 Å². The Kier molecular flexibility index (Phi) is 9.37. The van der Waals surface area contributed by atoms with E-state index in [-0.39, 0.29) is 31.0 Å². The molecule has 2 heterocycles. The van der Waals surface area contributed by atoms with Crippen molar-refractivity contribution in [3.8, 4) is 5.75 Å². The second-order valence-electron chi connectivity index (χ2n) is 10.6. The van der Waals surface area contributed by atoms with Gasteiger partial charge in [0.25, 0.3) is 6.47 Å². The number of hydrogen-bond donors (Lipinski definition) is 0. The Balaban J connectivity index is 1.70. The molecule has 1 fully saturated rings. The molecule has 0 aliphatic carbocycles. The highest BCUT2D eigenvalue weighted by atomic mass is 32.2. The smallest absolute Gasteiger partial charge is 0.458 e. The van der Waals surface area contributed by atoms with Gasteiger partial charge in [-0.1, -0.05) is 41.7 Å². The molecule has 15 heteroatoms. The van der Waals surface area contributed by atoms with E-state index >= 15 is 0 Å². The number of aryl methyl sites for hydroxylation is 1. The van der Waals surface area contributed by atoms with Crippen LogP contribution in [-0.4, -0.2) is 67.8 Å². The molecule has 0 spiro atoms. The Morgan fingerprint density at radius 3 is 2.30 bits per heavy atom. The maximum absolute atomic E-state index is 13.9. The van der Waals surface area contributed by atoms with E-state index in [1.807, 2.05) is 0 Å². The highest BCUT2D eigenvalue weighted by Gasteiger charge is 2.43. The molecule has 232 valence electrons. The maximum atomic E-state index is 13.9. The average molecular weight is 642 g/mol. The van der Waals surface area contributed by atoms with E-state index in [2.05, 4.69) is 9.72 Å². The van der Waals surface area contributed by atoms with Crippen LogP contribution in [0.25, 0.3) is 0 Å². The van der Waals surface area contributed by atoms with E-state index in [0.29, 0.717) is 21.3 Å². The summed E-state index contributed by atoms with van der Waals surface area (Å²) in [5.41, 5.74) is 0.261. The first kappa shape index (κ1) is 32.2. The Morgan fingerprint density at radius 1 is 1.07 bits per heavy atom. The van der Waals surface area contributed by atoms with Gasteiger partial charge in [-0.05, 0) is 57.5 Å². The third-order valence-electron chi connectivity index (χ3n) is 6.35. The van der Waals surface area contributed by atoms with Crippen LogP contribution >= 0.6 is 11.3 Å². The Morgan fingerprint density at radius 2 is 1.72 bits per heavy atom. The Labute approximate surface area is 251 Å². The Bertz CT molecular complexity index is 1540. The summed E-state index contributed by atoms with van der Waals surface area (Å²) in [6.45, 7) is 7.25. The number of hydrogen-bond acceptors (Lipinski definition) is 10. The van der Waals surface area contributed by atoms with E-state index in [0.717, 1.165) is 35.6 Å². The van der Waals surface area contributed by atoms with Crippen LogP contribution in [-0.2, 0) is 24.3 Å². The molecule has 0 N–H and O–H groups in total. The number of benzene rings is 2. The van der Waals surface area contributed by atoms with Gasteiger partial charge in [-0.15, -0.1) is 13.2 Å². The van der Waals surface area contributed by atoms with E-state index in [4.69, 9.17) is 9.47 Å². The van der Waals surface area contributed by atoms with Gasteiger partial charge >= 0.3 is 12.3 Å². The SMILES string of the molecule is Cc1nc(N2CCN(S(=O)(=O)c3ccc(OC(F)(F)F)cc3)C(C(OC=O)c3ccccc3)C2)sc1C(=O)OC(C)(C)C. The molecule has 0 amide bonds. The fourth-order valence-corrected chi connectivity index (χ4v) is 7.17. The number of rotatable bonds is 9. The van der Waals surface area contributed by atoms with Crippen molar-refractivity contribution in [1.29, 1.82) is 0 Å². The van der Waals surface area contributed by atoms with E-state index in [9.17, 15) is 31.2 Å². The number of aromatic nitrogens is 1. The molecule has 2 unspecified atom stereocenters. The normalized spacial score (nSPS) is 17.3. The number of carbonyl (C=O) groups excluding carboxylic acids is 2. The number of sulfonamides is 1. The Hall–Kier alpha value is -3.69. The van der Waals surface area contributed by atoms with Crippen molar-refractivity contribution in [3.05, 3.63) is 70.7 Å². The number of esters is 1. The summed E-state index contributed by atoms with van der Waals surface area (Å²) in [7, 11) is -4.30. The summed E-state index contributed by atoms with van der Waals surface area (Å²) >= 11 is 1.11. The largest absolute Gasteiger partial charge is 0.573 e. The number of piperazine rings is 1. The van der Waals surface area contributed by atoms with Crippen LogP contribution < -0.4 is 9.64 Å². The lowest BCUT2D eigenvalue weighted by Crippen LogP contribution is -2.57. The molecule has 2 atom stereocenters. The molecule has 10 nitrogen and oxygen atoms in total. The zero-order valence-electron chi connectivity index (χ0n) is 23.7. The third-order valence-corrected chi connectivity index (χ3v) is 9.49. The second-order valence-corrected chi connectivity index (χ2v) is 13.5. The number of halogens is 3. The van der Waals surface area contributed by atoms with Gasteiger partial charge in [0.15, 0.2) is 5.13 Å². The van der Waals surface area contributed by atoms with E-state index in [1.165, 1.54) is 4.31 Å². The zero-order valence-corrected chi connectivity index (χ0v) is 25.3. The molecule has 2 aromatic carbocycles. The summed E-state index contributed by atoms with van der Waals surface area (Å²) in [6, 6.07) is 11.5. The van der Waals surface area contributed by atoms with Crippen molar-refractivity contribution >= 4 is 38.9 Å². The number of thiazole rings is 1. The number of anilines is 1. The zero-order chi connectivity index (χ0) is 31.6. The van der Waals surface area contributed by atoms with Crippen LogP contribution in [0.1, 0.15) is 47.8 Å². The lowest BCUT2D eigenvalue weighted by molar-refractivity contribution is -0.274. The summed E-state index contributed by atoms with van der Waals surface area (Å²) in [5.74, 6) is -1.10. The predicted molar refractivity (Wildman–Crippen MR) is 151 cm³/mol. The monoisotopic (exact) mass is 641 g/mol. The highest BCUT2D eigenvalue weighted by molar-refractivity contribution is 7.89. The minimum Gasteiger partial charge on any atom is -0.458 e. The molecule has 1 aliphatic heterocycles. The fraction of sp³-hybridized carbons (Fsp3) is 0.393. The van der Waals surface area contributed by atoms with Crippen LogP contribution in [0.15, 0.2) is 59.5 Å². The number of nitrogens with zero attached hydrogens (tertiary/aromatic N) is 3. The molecule has 0 bridgehead atoms. The predicted octanol–water partition coefficient (Wildman–Crippen LogP) is 5.10. The molecule has 4 rings (SSSR count). The van der Waals surface area contributed by atoms with Gasteiger partial charge in [0.1, 0.15) is 22.3 Å². The molecule has 3 aromatic rings. The molecule has 1 saturated heterocycles. The molecule has 1 aliphatic rings. The van der Waals surface area contributed by atoms with Gasteiger partial charge in [0.2, 0.25) is 10.0 Å². The quantitative estimate of drug-likeness (QED) is 0.233. The van der Waals surface area contributed by atoms with Crippen LogP contribution in [0.4, 0.5) is 18.3 Å². The van der Waals surface area contributed by atoms with E-state index < -0.39 is 45.9 Å². The summed E-state index contributed by atoms with van der Waals surface area (Å²) in [5, 5.41) is 0.451. The molecule has 0 saturated carbocycles. The summed E-state index contributed by atoms with van der Waals surface area (Å²) < 4.78 is 81.7. The van der Waals surface area contributed by atoms with Crippen LogP contribution in [0.5, 0.6) is 5.75 Å². The average Bonchev–Trinajstić information content (AvgIpc) is 3.32. The standard InChI is InChI=1S/C28H30F3N3O7S2/c1-18-24(25(36)41-27(2,3)4)42-26(32-18)33-14-15-34(22(16-33)23(39-17-35)19-8-6-5-7-9-19)43(37,38)21-12-10-20(11-13-21)40-28(29,30)31/h5-13,17,22-23H,14-16H2,1-4H3. The van der Waals surface area contributed by atoms with Crippen molar-refractivity contribution in [1.82, 2.24) is 9.29 Å². The van der Waals surface area contributed by atoms with Crippen molar-refractivity contribution < 1.29 is 45.4 Å². The third kappa shape index (κ3) is 7.83. The number of ether oxygens (including phenoxy) is 3. The fourth-order valence-electron chi connectivity index (χ4n) is 4.59. The first-order valence-electron chi connectivity index (χ1n) is 13.1. The maximum Gasteiger partial charge on any atom is 0.573 e. The number of carbonyl (C=O) groups is 2. The molecular formula is C28H30F3N3O7S2. The van der Waals surface area contributed by atoms with Crippen molar-refractivity contribution in [2.75, 3.05) is 24.5 Å². The molecule has 1 aromatic heterocycles. The van der Waals surface area contributed by atoms with E-state index in [1.54, 1.807) is 62.9 Å². The molecular weight excluding hydrogens is 611 g/mol. The number of alkyl halides is 3. The van der Waals surface area contributed by atoms with Gasteiger partial charge in [0.05, 0.1) is 16.6 Å². The van der Waals surface area contributed by atoms with Crippen LogP contribution in [0.2, 0.25) is 0 Å².